The largest absolute Gasteiger partial charge is 0.548 e. The molecule has 2 atom stereocenters. The average Bonchev–Trinajstić information content (AvgIpc) is 3.11. The molecule has 132 valence electrons. The number of anilines is 2. The van der Waals surface area contributed by atoms with E-state index >= 15 is 0 Å². The predicted molar refractivity (Wildman–Crippen MR) is 105 cm³/mol. The van der Waals surface area contributed by atoms with Crippen LogP contribution in [-0.4, -0.2) is 68.8 Å². The molecular formula is C16H25B2N5O2. The second-order valence-corrected chi connectivity index (χ2v) is 6.90. The van der Waals surface area contributed by atoms with Crippen molar-refractivity contribution in [3.63, 3.8) is 0 Å². The van der Waals surface area contributed by atoms with Crippen molar-refractivity contribution in [3.8, 4) is 0 Å². The molecule has 2 heterocycles. The van der Waals surface area contributed by atoms with Gasteiger partial charge in [0.15, 0.2) is 0 Å². The zero-order valence-electron chi connectivity index (χ0n) is 15.1. The molecule has 0 radical (unpaired) electrons. The zero-order chi connectivity index (χ0) is 18.0. The van der Waals surface area contributed by atoms with E-state index in [0.29, 0.717) is 17.8 Å². The van der Waals surface area contributed by atoms with Gasteiger partial charge in [0.05, 0.1) is 5.73 Å². The van der Waals surface area contributed by atoms with Gasteiger partial charge in [-0.05, 0) is 51.0 Å². The van der Waals surface area contributed by atoms with Gasteiger partial charge in [-0.2, -0.15) is 0 Å². The number of fused-ring (bicyclic) bond motifs is 2. The fourth-order valence-electron chi connectivity index (χ4n) is 3.83. The van der Waals surface area contributed by atoms with Crippen molar-refractivity contribution in [2.75, 3.05) is 30.4 Å². The van der Waals surface area contributed by atoms with Crippen LogP contribution in [-0.2, 0) is 4.65 Å². The van der Waals surface area contributed by atoms with Gasteiger partial charge in [0.25, 0.3) is 0 Å². The molecule has 2 bridgehead atoms. The third kappa shape index (κ3) is 3.99. The van der Waals surface area contributed by atoms with Crippen molar-refractivity contribution in [1.82, 2.24) is 4.90 Å². The molecule has 3 rings (SSSR count). The first-order valence-corrected chi connectivity index (χ1v) is 8.67. The summed E-state index contributed by atoms with van der Waals surface area (Å²) in [6, 6.07) is 7.55. The van der Waals surface area contributed by atoms with Crippen LogP contribution in [0.3, 0.4) is 0 Å². The Morgan fingerprint density at radius 2 is 2.28 bits per heavy atom. The van der Waals surface area contributed by atoms with Crippen molar-refractivity contribution in [2.24, 2.45) is 4.90 Å². The quantitative estimate of drug-likeness (QED) is 0.404. The van der Waals surface area contributed by atoms with E-state index in [4.69, 9.17) is 10.1 Å². The van der Waals surface area contributed by atoms with E-state index in [9.17, 15) is 5.02 Å². The van der Waals surface area contributed by atoms with Crippen molar-refractivity contribution < 1.29 is 9.68 Å². The zero-order valence-corrected chi connectivity index (χ0v) is 15.1. The average molecular weight is 341 g/mol. The Balaban J connectivity index is 1.72. The van der Waals surface area contributed by atoms with E-state index in [-0.39, 0.29) is 7.48 Å². The van der Waals surface area contributed by atoms with Gasteiger partial charge in [-0.1, -0.05) is 0 Å². The summed E-state index contributed by atoms with van der Waals surface area (Å²) < 4.78 is 4.97. The first-order chi connectivity index (χ1) is 12.0. The highest BCUT2D eigenvalue weighted by molar-refractivity contribution is 6.75. The predicted octanol–water partition coefficient (Wildman–Crippen LogP) is 0.741. The second-order valence-electron chi connectivity index (χ2n) is 6.90. The first kappa shape index (κ1) is 17.8. The normalized spacial score (nSPS) is 22.9. The summed E-state index contributed by atoms with van der Waals surface area (Å²) in [5, 5.41) is 19.6. The Morgan fingerprint density at radius 1 is 1.48 bits per heavy atom. The standard InChI is InChI=1S/C16H25B2N5O2/c1-11-6-12(20-16(17-25-10-19)21-18(2)24)4-5-15(11)23-9-13-7-14(23)8-22(13)3/h4-6,10,13-14,17,19,24H,7-9H2,1-3H3,(H,20,21). The molecular weight excluding hydrogens is 316 g/mol. The van der Waals surface area contributed by atoms with E-state index in [0.717, 1.165) is 25.2 Å². The van der Waals surface area contributed by atoms with E-state index in [1.54, 1.807) is 6.82 Å². The molecule has 25 heavy (non-hydrogen) atoms. The number of rotatable bonds is 6. The third-order valence-electron chi connectivity index (χ3n) is 4.96. The molecule has 3 N–H and O–H groups in total. The van der Waals surface area contributed by atoms with Crippen molar-refractivity contribution in [2.45, 2.75) is 32.3 Å². The summed E-state index contributed by atoms with van der Waals surface area (Å²) in [5.74, 6) is 0. The Morgan fingerprint density at radius 3 is 2.84 bits per heavy atom. The molecule has 2 aliphatic heterocycles. The van der Waals surface area contributed by atoms with E-state index < -0.39 is 7.05 Å². The number of likely N-dealkylation sites (N-methyl/N-ethyl adjacent to an activating group) is 1. The lowest BCUT2D eigenvalue weighted by Gasteiger charge is -2.34. The number of benzene rings is 1. The van der Waals surface area contributed by atoms with Crippen LogP contribution in [0.1, 0.15) is 12.0 Å². The molecule has 1 aromatic rings. The van der Waals surface area contributed by atoms with Crippen LogP contribution in [0.4, 0.5) is 11.4 Å². The maximum atomic E-state index is 9.47. The minimum atomic E-state index is -0.825. The van der Waals surface area contributed by atoms with Crippen LogP contribution in [0, 0.1) is 12.3 Å². The lowest BCUT2D eigenvalue weighted by molar-refractivity contribution is 0.292. The van der Waals surface area contributed by atoms with Gasteiger partial charge >= 0.3 is 14.5 Å². The maximum Gasteiger partial charge on any atom is 0.428 e. The molecule has 1 aromatic carbocycles. The molecule has 2 aliphatic rings. The van der Waals surface area contributed by atoms with Gasteiger partial charge in [-0.25, -0.2) is 0 Å². The molecule has 2 fully saturated rings. The number of amidine groups is 1. The van der Waals surface area contributed by atoms with Gasteiger partial charge in [-0.3, -0.25) is 10.3 Å². The van der Waals surface area contributed by atoms with Gasteiger partial charge in [-0.15, -0.1) is 0 Å². The van der Waals surface area contributed by atoms with Crippen LogP contribution in [0.5, 0.6) is 0 Å². The van der Waals surface area contributed by atoms with Crippen LogP contribution in [0.2, 0.25) is 6.82 Å². The van der Waals surface area contributed by atoms with E-state index in [1.807, 2.05) is 6.07 Å². The second kappa shape index (κ2) is 7.49. The number of hydrogen-bond acceptors (Lipinski definition) is 6. The lowest BCUT2D eigenvalue weighted by atomic mass is 9.87. The number of likely N-dealkylation sites (tertiary alicyclic amines) is 1. The van der Waals surface area contributed by atoms with Crippen LogP contribution < -0.4 is 10.2 Å². The summed E-state index contributed by atoms with van der Waals surface area (Å²) >= 11 is 0. The Bertz CT molecular complexity index is 668. The SMILES string of the molecule is CB(O)/N=C(\BOC=N)Nc1ccc(N2CC3CC2CN3C)c(C)c1. The molecule has 0 aliphatic carbocycles. The molecule has 0 aromatic heterocycles. The highest BCUT2D eigenvalue weighted by Crippen LogP contribution is 2.35. The maximum absolute atomic E-state index is 9.47. The molecule has 9 heteroatoms. The van der Waals surface area contributed by atoms with E-state index in [2.05, 4.69) is 46.1 Å². The molecule has 0 amide bonds. The monoisotopic (exact) mass is 341 g/mol. The summed E-state index contributed by atoms with van der Waals surface area (Å²) in [4.78, 5) is 9.07. The van der Waals surface area contributed by atoms with Gasteiger partial charge in [0.2, 0.25) is 0 Å². The van der Waals surface area contributed by atoms with Crippen molar-refractivity contribution in [1.29, 1.82) is 5.41 Å². The number of hydrogen-bond donors (Lipinski definition) is 3. The van der Waals surface area contributed by atoms with Gasteiger partial charge < -0.3 is 24.8 Å². The topological polar surface area (TPSA) is 84.2 Å². The van der Waals surface area contributed by atoms with Gasteiger partial charge in [0, 0.05) is 36.5 Å². The Kier molecular flexibility index (Phi) is 5.34. The Labute approximate surface area is 150 Å². The minimum absolute atomic E-state index is 0.122. The van der Waals surface area contributed by atoms with Crippen LogP contribution in [0.15, 0.2) is 23.1 Å². The number of aryl methyl sites for hydroxylation is 1. The summed E-state index contributed by atoms with van der Waals surface area (Å²) in [7, 11) is 1.51. The molecule has 0 spiro atoms. The smallest absolute Gasteiger partial charge is 0.428 e. The summed E-state index contributed by atoms with van der Waals surface area (Å²) in [5.41, 5.74) is 3.89. The number of nitrogens with zero attached hydrogens (tertiary/aromatic N) is 3. The highest BCUT2D eigenvalue weighted by Gasteiger charge is 2.41. The van der Waals surface area contributed by atoms with E-state index in [1.165, 1.54) is 17.7 Å². The number of piperazine rings is 1. The van der Waals surface area contributed by atoms with Crippen molar-refractivity contribution >= 4 is 38.0 Å². The molecule has 0 saturated carbocycles. The molecule has 7 nitrogen and oxygen atoms in total. The number of nitrogens with one attached hydrogen (secondary N) is 2. The Hall–Kier alpha value is -1.99. The minimum Gasteiger partial charge on any atom is -0.548 e. The fourth-order valence-corrected chi connectivity index (χ4v) is 3.83. The summed E-state index contributed by atoms with van der Waals surface area (Å²) in [6.07, 6.45) is 2.12. The van der Waals surface area contributed by atoms with Crippen LogP contribution in [0.25, 0.3) is 0 Å². The third-order valence-corrected chi connectivity index (χ3v) is 4.96. The fraction of sp³-hybridized carbons (Fsp3) is 0.500. The van der Waals surface area contributed by atoms with Gasteiger partial charge in [0.1, 0.15) is 6.40 Å². The molecule has 2 unspecified atom stereocenters. The summed E-state index contributed by atoms with van der Waals surface area (Å²) in [6.45, 7) is 5.93. The lowest BCUT2D eigenvalue weighted by Crippen LogP contribution is -2.44. The highest BCUT2D eigenvalue weighted by atomic mass is 16.4. The first-order valence-electron chi connectivity index (χ1n) is 8.67. The van der Waals surface area contributed by atoms with Crippen molar-refractivity contribution in [3.05, 3.63) is 23.8 Å². The van der Waals surface area contributed by atoms with Crippen LogP contribution >= 0.6 is 0 Å². The molecule has 2 saturated heterocycles.